The summed E-state index contributed by atoms with van der Waals surface area (Å²) in [5.41, 5.74) is 2.29. The molecule has 0 heterocycles. The van der Waals surface area contributed by atoms with E-state index in [1.807, 2.05) is 25.1 Å². The maximum Gasteiger partial charge on any atom is 0.193 e. The van der Waals surface area contributed by atoms with E-state index in [2.05, 4.69) is 36.3 Å². The molecule has 1 aromatic rings. The van der Waals surface area contributed by atoms with E-state index in [9.17, 15) is 0 Å². The summed E-state index contributed by atoms with van der Waals surface area (Å²) in [7, 11) is 5.65. The maximum absolute atomic E-state index is 5.38. The van der Waals surface area contributed by atoms with Gasteiger partial charge in [-0.15, -0.1) is 0 Å². The summed E-state index contributed by atoms with van der Waals surface area (Å²) in [6, 6.07) is 6.18. The summed E-state index contributed by atoms with van der Waals surface area (Å²) in [4.78, 5) is 6.55. The molecule has 4 nitrogen and oxygen atoms in total. The lowest BCUT2D eigenvalue weighted by atomic mass is 10.1. The Labute approximate surface area is 110 Å². The molecule has 0 radical (unpaired) electrons. The Morgan fingerprint density at radius 3 is 2.67 bits per heavy atom. The van der Waals surface area contributed by atoms with Gasteiger partial charge in [-0.2, -0.15) is 0 Å². The van der Waals surface area contributed by atoms with Gasteiger partial charge in [-0.05, 0) is 25.5 Å². The number of ether oxygens (including phenoxy) is 1. The third-order valence-electron chi connectivity index (χ3n) is 2.60. The SMILES string of the molecule is CCNC(=NCc1ccc(C)cc1OC)N(C)C. The van der Waals surface area contributed by atoms with Gasteiger partial charge >= 0.3 is 0 Å². The van der Waals surface area contributed by atoms with Gasteiger partial charge in [0.05, 0.1) is 13.7 Å². The Morgan fingerprint density at radius 1 is 1.39 bits per heavy atom. The van der Waals surface area contributed by atoms with Gasteiger partial charge in [-0.3, -0.25) is 0 Å². The molecule has 0 unspecified atom stereocenters. The largest absolute Gasteiger partial charge is 0.496 e. The zero-order chi connectivity index (χ0) is 13.5. The van der Waals surface area contributed by atoms with E-state index >= 15 is 0 Å². The molecule has 0 aliphatic rings. The minimum absolute atomic E-state index is 0.615. The number of hydrogen-bond donors (Lipinski definition) is 1. The topological polar surface area (TPSA) is 36.9 Å². The van der Waals surface area contributed by atoms with Crippen LogP contribution in [0.5, 0.6) is 5.75 Å². The highest BCUT2D eigenvalue weighted by Gasteiger charge is 2.04. The van der Waals surface area contributed by atoms with Gasteiger partial charge in [0.1, 0.15) is 5.75 Å². The number of guanidine groups is 1. The number of aryl methyl sites for hydroxylation is 1. The van der Waals surface area contributed by atoms with E-state index in [-0.39, 0.29) is 0 Å². The highest BCUT2D eigenvalue weighted by atomic mass is 16.5. The molecular formula is C14H23N3O. The predicted molar refractivity (Wildman–Crippen MR) is 76.2 cm³/mol. The number of aliphatic imine (C=N–C) groups is 1. The zero-order valence-electron chi connectivity index (χ0n) is 11.9. The first-order chi connectivity index (χ1) is 8.58. The van der Waals surface area contributed by atoms with Crippen molar-refractivity contribution in [1.82, 2.24) is 10.2 Å². The quantitative estimate of drug-likeness (QED) is 0.655. The molecule has 0 bridgehead atoms. The molecule has 4 heteroatoms. The summed E-state index contributed by atoms with van der Waals surface area (Å²) < 4.78 is 5.38. The average Bonchev–Trinajstić information content (AvgIpc) is 2.35. The van der Waals surface area contributed by atoms with Gasteiger partial charge in [-0.1, -0.05) is 12.1 Å². The van der Waals surface area contributed by atoms with Crippen molar-refractivity contribution in [2.45, 2.75) is 20.4 Å². The first kappa shape index (κ1) is 14.4. The lowest BCUT2D eigenvalue weighted by Crippen LogP contribution is -2.36. The smallest absolute Gasteiger partial charge is 0.193 e. The summed E-state index contributed by atoms with van der Waals surface area (Å²) in [6.45, 7) is 5.59. The van der Waals surface area contributed by atoms with Crippen molar-refractivity contribution in [3.05, 3.63) is 29.3 Å². The van der Waals surface area contributed by atoms with Crippen molar-refractivity contribution in [2.24, 2.45) is 4.99 Å². The third-order valence-corrected chi connectivity index (χ3v) is 2.60. The van der Waals surface area contributed by atoms with Crippen molar-refractivity contribution in [3.8, 4) is 5.75 Å². The van der Waals surface area contributed by atoms with Crippen LogP contribution >= 0.6 is 0 Å². The van der Waals surface area contributed by atoms with Crippen molar-refractivity contribution in [3.63, 3.8) is 0 Å². The molecule has 0 saturated carbocycles. The maximum atomic E-state index is 5.38. The van der Waals surface area contributed by atoms with Gasteiger partial charge < -0.3 is 15.0 Å². The molecule has 0 amide bonds. The van der Waals surface area contributed by atoms with Crippen molar-refractivity contribution < 1.29 is 4.74 Å². The second-order valence-electron chi connectivity index (χ2n) is 4.38. The first-order valence-corrected chi connectivity index (χ1v) is 6.17. The molecule has 1 rings (SSSR count). The van der Waals surface area contributed by atoms with Gasteiger partial charge in [0.2, 0.25) is 0 Å². The average molecular weight is 249 g/mol. The summed E-state index contributed by atoms with van der Waals surface area (Å²) in [6.07, 6.45) is 0. The summed E-state index contributed by atoms with van der Waals surface area (Å²) >= 11 is 0. The highest BCUT2D eigenvalue weighted by Crippen LogP contribution is 2.20. The molecule has 100 valence electrons. The highest BCUT2D eigenvalue weighted by molar-refractivity contribution is 5.79. The number of hydrogen-bond acceptors (Lipinski definition) is 2. The standard InChI is InChI=1S/C14H23N3O/c1-6-15-14(17(3)4)16-10-12-8-7-11(2)9-13(12)18-5/h7-9H,6,10H2,1-5H3,(H,15,16). The Hall–Kier alpha value is -1.71. The van der Waals surface area contributed by atoms with Crippen LogP contribution in [0.4, 0.5) is 0 Å². The van der Waals surface area contributed by atoms with Gasteiger partial charge in [0.15, 0.2) is 5.96 Å². The summed E-state index contributed by atoms with van der Waals surface area (Å²) in [5, 5.41) is 3.24. The number of nitrogens with zero attached hydrogens (tertiary/aromatic N) is 2. The Morgan fingerprint density at radius 2 is 2.11 bits per heavy atom. The fourth-order valence-electron chi connectivity index (χ4n) is 1.66. The van der Waals surface area contributed by atoms with Crippen LogP contribution in [0, 0.1) is 6.92 Å². The van der Waals surface area contributed by atoms with E-state index < -0.39 is 0 Å². The molecule has 0 fully saturated rings. The second-order valence-corrected chi connectivity index (χ2v) is 4.38. The lowest BCUT2D eigenvalue weighted by Gasteiger charge is -2.17. The number of benzene rings is 1. The number of nitrogens with one attached hydrogen (secondary N) is 1. The monoisotopic (exact) mass is 249 g/mol. The van der Waals surface area contributed by atoms with Crippen LogP contribution in [0.1, 0.15) is 18.1 Å². The molecule has 0 aliphatic heterocycles. The van der Waals surface area contributed by atoms with E-state index in [1.165, 1.54) is 5.56 Å². The van der Waals surface area contributed by atoms with Crippen LogP contribution < -0.4 is 10.1 Å². The van der Waals surface area contributed by atoms with Crippen molar-refractivity contribution in [1.29, 1.82) is 0 Å². The van der Waals surface area contributed by atoms with Crippen LogP contribution in [-0.4, -0.2) is 38.6 Å². The van der Waals surface area contributed by atoms with Crippen LogP contribution in [-0.2, 0) is 6.54 Å². The van der Waals surface area contributed by atoms with Crippen LogP contribution in [0.25, 0.3) is 0 Å². The van der Waals surface area contributed by atoms with Crippen molar-refractivity contribution >= 4 is 5.96 Å². The first-order valence-electron chi connectivity index (χ1n) is 6.17. The molecule has 0 saturated heterocycles. The van der Waals surface area contributed by atoms with E-state index in [1.54, 1.807) is 7.11 Å². The molecule has 0 spiro atoms. The normalized spacial score (nSPS) is 11.3. The van der Waals surface area contributed by atoms with E-state index in [4.69, 9.17) is 4.74 Å². The molecule has 1 aromatic carbocycles. The zero-order valence-corrected chi connectivity index (χ0v) is 11.9. The number of rotatable bonds is 4. The number of methoxy groups -OCH3 is 1. The van der Waals surface area contributed by atoms with Gasteiger partial charge in [-0.25, -0.2) is 4.99 Å². The van der Waals surface area contributed by atoms with Gasteiger partial charge in [0.25, 0.3) is 0 Å². The molecule has 0 atom stereocenters. The van der Waals surface area contributed by atoms with Crippen LogP contribution in [0.15, 0.2) is 23.2 Å². The fourth-order valence-corrected chi connectivity index (χ4v) is 1.66. The second kappa shape index (κ2) is 6.89. The minimum Gasteiger partial charge on any atom is -0.496 e. The Balaban J connectivity index is 2.86. The predicted octanol–water partition coefficient (Wildman–Crippen LogP) is 2.03. The minimum atomic E-state index is 0.615. The molecule has 1 N–H and O–H groups in total. The van der Waals surface area contributed by atoms with Crippen LogP contribution in [0.3, 0.4) is 0 Å². The summed E-state index contributed by atoms with van der Waals surface area (Å²) in [5.74, 6) is 1.79. The molecule has 0 aliphatic carbocycles. The third kappa shape index (κ3) is 3.95. The van der Waals surface area contributed by atoms with Crippen molar-refractivity contribution in [2.75, 3.05) is 27.7 Å². The Bertz CT molecular complexity index is 414. The Kier molecular flexibility index (Phi) is 5.49. The molecular weight excluding hydrogens is 226 g/mol. The molecule has 0 aromatic heterocycles. The van der Waals surface area contributed by atoms with E-state index in [0.29, 0.717) is 6.54 Å². The van der Waals surface area contributed by atoms with E-state index in [0.717, 1.165) is 23.8 Å². The van der Waals surface area contributed by atoms with Crippen LogP contribution in [0.2, 0.25) is 0 Å². The lowest BCUT2D eigenvalue weighted by molar-refractivity contribution is 0.409. The fraction of sp³-hybridized carbons (Fsp3) is 0.500. The van der Waals surface area contributed by atoms with Gasteiger partial charge in [0, 0.05) is 26.2 Å². The molecule has 18 heavy (non-hydrogen) atoms.